The molecule has 0 saturated heterocycles. The molecule has 98 valence electrons. The molecule has 2 fully saturated rings. The molecule has 3 heteroatoms. The molecule has 2 rings (SSSR count). The Labute approximate surface area is 105 Å². The van der Waals surface area contributed by atoms with Gasteiger partial charge in [-0.05, 0) is 43.4 Å². The van der Waals surface area contributed by atoms with Crippen LogP contribution in [-0.4, -0.2) is 17.5 Å². The van der Waals surface area contributed by atoms with Crippen LogP contribution in [0.5, 0.6) is 0 Å². The second-order valence-electron chi connectivity index (χ2n) is 6.56. The summed E-state index contributed by atoms with van der Waals surface area (Å²) in [5.74, 6) is 2.07. The Morgan fingerprint density at radius 3 is 2.53 bits per heavy atom. The quantitative estimate of drug-likeness (QED) is 0.790. The first-order valence-electron chi connectivity index (χ1n) is 7.02. The molecule has 2 aliphatic rings. The molecule has 3 unspecified atom stereocenters. The number of nitrogens with one attached hydrogen (secondary N) is 1. The highest BCUT2D eigenvalue weighted by Crippen LogP contribution is 2.36. The fourth-order valence-electron chi connectivity index (χ4n) is 3.04. The van der Waals surface area contributed by atoms with Crippen molar-refractivity contribution in [2.75, 3.05) is 0 Å². The summed E-state index contributed by atoms with van der Waals surface area (Å²) in [6.45, 7) is 6.80. The Balaban J connectivity index is 1.97. The van der Waals surface area contributed by atoms with Crippen LogP contribution in [0.1, 0.15) is 52.9 Å². The fraction of sp³-hybridized carbons (Fsp3) is 0.929. The molecule has 0 aromatic rings. The summed E-state index contributed by atoms with van der Waals surface area (Å²) in [6.07, 6.45) is 5.36. The molecule has 17 heavy (non-hydrogen) atoms. The molecule has 2 saturated carbocycles. The summed E-state index contributed by atoms with van der Waals surface area (Å²) in [5.41, 5.74) is 5.43. The van der Waals surface area contributed by atoms with Crippen LogP contribution in [0.4, 0.5) is 0 Å². The van der Waals surface area contributed by atoms with Crippen LogP contribution in [0, 0.1) is 17.8 Å². The number of amides is 1. The molecule has 2 aliphatic carbocycles. The molecule has 0 aromatic heterocycles. The van der Waals surface area contributed by atoms with E-state index in [2.05, 4.69) is 26.1 Å². The second kappa shape index (κ2) is 4.60. The van der Waals surface area contributed by atoms with Crippen LogP contribution in [0.3, 0.4) is 0 Å². The Hall–Kier alpha value is -0.570. The highest BCUT2D eigenvalue weighted by molar-refractivity contribution is 5.89. The number of nitrogens with two attached hydrogens (primary N) is 1. The van der Waals surface area contributed by atoms with Gasteiger partial charge in [-0.1, -0.05) is 27.2 Å². The molecule has 0 aliphatic heterocycles. The van der Waals surface area contributed by atoms with Gasteiger partial charge in [-0.15, -0.1) is 0 Å². The van der Waals surface area contributed by atoms with E-state index in [9.17, 15) is 4.79 Å². The number of hydrogen-bond donors (Lipinski definition) is 2. The van der Waals surface area contributed by atoms with E-state index in [4.69, 9.17) is 5.73 Å². The molecule has 1 amide bonds. The van der Waals surface area contributed by atoms with Crippen molar-refractivity contribution in [2.24, 2.45) is 23.5 Å². The van der Waals surface area contributed by atoms with Crippen LogP contribution in [-0.2, 0) is 4.79 Å². The number of hydrogen-bond acceptors (Lipinski definition) is 2. The molecule has 0 radical (unpaired) electrons. The minimum absolute atomic E-state index is 0.0854. The van der Waals surface area contributed by atoms with Gasteiger partial charge in [-0.3, -0.25) is 4.79 Å². The van der Waals surface area contributed by atoms with E-state index in [0.717, 1.165) is 25.2 Å². The van der Waals surface area contributed by atoms with Gasteiger partial charge in [0, 0.05) is 6.04 Å². The molecule has 0 heterocycles. The summed E-state index contributed by atoms with van der Waals surface area (Å²) in [5, 5.41) is 3.22. The normalized spacial score (nSPS) is 35.7. The number of carbonyl (C=O) groups is 1. The smallest absolute Gasteiger partial charge is 0.240 e. The summed E-state index contributed by atoms with van der Waals surface area (Å²) in [4.78, 5) is 12.0. The van der Waals surface area contributed by atoms with Crippen LogP contribution in [0.25, 0.3) is 0 Å². The molecule has 3 nitrogen and oxygen atoms in total. The lowest BCUT2D eigenvalue weighted by molar-refractivity contribution is -0.124. The van der Waals surface area contributed by atoms with Gasteiger partial charge in [0.1, 0.15) is 0 Å². The van der Waals surface area contributed by atoms with Crippen molar-refractivity contribution in [3.05, 3.63) is 0 Å². The maximum absolute atomic E-state index is 12.0. The van der Waals surface area contributed by atoms with Crippen molar-refractivity contribution in [3.63, 3.8) is 0 Å². The Morgan fingerprint density at radius 1 is 1.35 bits per heavy atom. The second-order valence-corrected chi connectivity index (χ2v) is 6.56. The third-order valence-electron chi connectivity index (χ3n) is 4.58. The van der Waals surface area contributed by atoms with Crippen molar-refractivity contribution in [3.8, 4) is 0 Å². The zero-order valence-corrected chi connectivity index (χ0v) is 11.3. The molecular weight excluding hydrogens is 212 g/mol. The van der Waals surface area contributed by atoms with Gasteiger partial charge >= 0.3 is 0 Å². The van der Waals surface area contributed by atoms with E-state index in [1.165, 1.54) is 12.8 Å². The lowest BCUT2D eigenvalue weighted by atomic mass is 9.74. The van der Waals surface area contributed by atoms with E-state index < -0.39 is 5.54 Å². The standard InChI is InChI=1S/C14H26N2O/c1-9(2)11-5-4-10(3)8-12(11)16-13(17)14(15)6-7-14/h9-12H,4-8,15H2,1-3H3,(H,16,17). The number of carbonyl (C=O) groups excluding carboxylic acids is 1. The largest absolute Gasteiger partial charge is 0.351 e. The summed E-state index contributed by atoms with van der Waals surface area (Å²) < 4.78 is 0. The van der Waals surface area contributed by atoms with Gasteiger partial charge in [0.2, 0.25) is 5.91 Å². The SMILES string of the molecule is CC1CCC(C(C)C)C(NC(=O)C2(N)CC2)C1. The molecule has 3 N–H and O–H groups in total. The topological polar surface area (TPSA) is 55.1 Å². The lowest BCUT2D eigenvalue weighted by Gasteiger charge is -2.38. The summed E-state index contributed by atoms with van der Waals surface area (Å²) in [6, 6.07) is 0.340. The third kappa shape index (κ3) is 2.82. The zero-order valence-electron chi connectivity index (χ0n) is 11.3. The Morgan fingerprint density at radius 2 is 2.00 bits per heavy atom. The molecular formula is C14H26N2O. The predicted molar refractivity (Wildman–Crippen MR) is 69.4 cm³/mol. The first kappa shape index (κ1) is 12.9. The Bertz CT molecular complexity index is 297. The first-order valence-corrected chi connectivity index (χ1v) is 7.02. The fourth-order valence-corrected chi connectivity index (χ4v) is 3.04. The molecule has 0 spiro atoms. The lowest BCUT2D eigenvalue weighted by Crippen LogP contribution is -2.52. The molecule has 0 aromatic carbocycles. The van der Waals surface area contributed by atoms with Gasteiger partial charge in [0.25, 0.3) is 0 Å². The monoisotopic (exact) mass is 238 g/mol. The van der Waals surface area contributed by atoms with Crippen molar-refractivity contribution in [1.29, 1.82) is 0 Å². The maximum atomic E-state index is 12.0. The average Bonchev–Trinajstić information content (AvgIpc) is 2.97. The van der Waals surface area contributed by atoms with E-state index in [-0.39, 0.29) is 5.91 Å². The number of rotatable bonds is 3. The van der Waals surface area contributed by atoms with Gasteiger partial charge in [0.05, 0.1) is 5.54 Å². The van der Waals surface area contributed by atoms with Crippen LogP contribution in [0.15, 0.2) is 0 Å². The first-order chi connectivity index (χ1) is 7.92. The molecule has 3 atom stereocenters. The average molecular weight is 238 g/mol. The summed E-state index contributed by atoms with van der Waals surface area (Å²) in [7, 11) is 0. The van der Waals surface area contributed by atoms with E-state index in [0.29, 0.717) is 17.9 Å². The van der Waals surface area contributed by atoms with E-state index in [1.807, 2.05) is 0 Å². The van der Waals surface area contributed by atoms with Crippen LogP contribution >= 0.6 is 0 Å². The van der Waals surface area contributed by atoms with Crippen molar-refractivity contribution in [1.82, 2.24) is 5.32 Å². The highest BCUT2D eigenvalue weighted by atomic mass is 16.2. The maximum Gasteiger partial charge on any atom is 0.240 e. The zero-order chi connectivity index (χ0) is 12.6. The van der Waals surface area contributed by atoms with Crippen molar-refractivity contribution >= 4 is 5.91 Å². The minimum Gasteiger partial charge on any atom is -0.351 e. The van der Waals surface area contributed by atoms with Gasteiger partial charge in [-0.25, -0.2) is 0 Å². The van der Waals surface area contributed by atoms with E-state index in [1.54, 1.807) is 0 Å². The van der Waals surface area contributed by atoms with E-state index >= 15 is 0 Å². The van der Waals surface area contributed by atoms with Gasteiger partial charge < -0.3 is 11.1 Å². The Kier molecular flexibility index (Phi) is 3.48. The van der Waals surface area contributed by atoms with Crippen molar-refractivity contribution in [2.45, 2.75) is 64.5 Å². The van der Waals surface area contributed by atoms with Gasteiger partial charge in [-0.2, -0.15) is 0 Å². The van der Waals surface area contributed by atoms with Crippen molar-refractivity contribution < 1.29 is 4.79 Å². The van der Waals surface area contributed by atoms with Crippen LogP contribution < -0.4 is 11.1 Å². The van der Waals surface area contributed by atoms with Gasteiger partial charge in [0.15, 0.2) is 0 Å². The summed E-state index contributed by atoms with van der Waals surface area (Å²) >= 11 is 0. The third-order valence-corrected chi connectivity index (χ3v) is 4.58. The minimum atomic E-state index is -0.526. The molecule has 0 bridgehead atoms. The predicted octanol–water partition coefficient (Wildman–Crippen LogP) is 2.05. The highest BCUT2D eigenvalue weighted by Gasteiger charge is 2.47. The van der Waals surface area contributed by atoms with Crippen LogP contribution in [0.2, 0.25) is 0 Å².